The van der Waals surface area contributed by atoms with E-state index >= 15 is 0 Å². The number of amides is 1. The topological polar surface area (TPSA) is 50.4 Å². The number of para-hydroxylation sites is 1. The van der Waals surface area contributed by atoms with Crippen LogP contribution in [-0.2, 0) is 4.79 Å². The van der Waals surface area contributed by atoms with Gasteiger partial charge in [0.15, 0.2) is 6.10 Å². The summed E-state index contributed by atoms with van der Waals surface area (Å²) in [5.74, 6) is 6.74. The van der Waals surface area contributed by atoms with Crippen molar-refractivity contribution in [3.05, 3.63) is 78.9 Å². The van der Waals surface area contributed by atoms with E-state index in [0.717, 1.165) is 5.56 Å². The normalized spacial score (nSPS) is 21.8. The first kappa shape index (κ1) is 16.8. The van der Waals surface area contributed by atoms with Crippen molar-refractivity contribution in [3.8, 4) is 17.6 Å². The lowest BCUT2D eigenvalue weighted by atomic mass is 10.1. The molecule has 1 aliphatic rings. The van der Waals surface area contributed by atoms with E-state index in [2.05, 4.69) is 29.1 Å². The second-order valence-corrected chi connectivity index (χ2v) is 5.70. The molecule has 0 bridgehead atoms. The molecule has 1 aliphatic heterocycles. The van der Waals surface area contributed by atoms with Gasteiger partial charge in [-0.05, 0) is 24.3 Å². The molecule has 3 rings (SSSR count). The van der Waals surface area contributed by atoms with Gasteiger partial charge in [-0.3, -0.25) is 4.79 Å². The van der Waals surface area contributed by atoms with Gasteiger partial charge in [-0.15, -0.1) is 6.58 Å². The molecule has 2 aromatic rings. The minimum Gasteiger partial charge on any atom is -0.479 e. The van der Waals surface area contributed by atoms with Crippen LogP contribution in [-0.4, -0.2) is 30.6 Å². The van der Waals surface area contributed by atoms with Gasteiger partial charge in [-0.25, -0.2) is 0 Å². The number of carbonyl (C=O) groups is 1. The Balaban J connectivity index is 1.80. The Morgan fingerprint density at radius 3 is 2.48 bits per heavy atom. The van der Waals surface area contributed by atoms with Crippen LogP contribution in [0.3, 0.4) is 0 Å². The molecule has 25 heavy (non-hydrogen) atoms. The number of carbonyl (C=O) groups excluding carboxylic acids is 1. The smallest absolute Gasteiger partial charge is 0.263 e. The minimum absolute atomic E-state index is 0.169. The molecule has 1 saturated heterocycles. The SMILES string of the molecule is C=CCN[C@H]1[C@H](C#Cc2ccccc2)NC(=O)[C@@H]1Oc1ccccc1. The summed E-state index contributed by atoms with van der Waals surface area (Å²) in [6, 6.07) is 18.4. The van der Waals surface area contributed by atoms with Gasteiger partial charge in [0.2, 0.25) is 0 Å². The Bertz CT molecular complexity index is 778. The van der Waals surface area contributed by atoms with E-state index in [-0.39, 0.29) is 18.0 Å². The molecular formula is C21H20N2O2. The highest BCUT2D eigenvalue weighted by molar-refractivity contribution is 5.86. The van der Waals surface area contributed by atoms with Crippen LogP contribution in [0.25, 0.3) is 0 Å². The van der Waals surface area contributed by atoms with E-state index < -0.39 is 6.10 Å². The molecular weight excluding hydrogens is 312 g/mol. The Hall–Kier alpha value is -3.03. The third kappa shape index (κ3) is 4.28. The van der Waals surface area contributed by atoms with Crippen molar-refractivity contribution in [1.82, 2.24) is 10.6 Å². The summed E-state index contributed by atoms with van der Waals surface area (Å²) < 4.78 is 5.90. The average Bonchev–Trinajstić information content (AvgIpc) is 2.95. The van der Waals surface area contributed by atoms with Crippen molar-refractivity contribution in [2.24, 2.45) is 0 Å². The zero-order chi connectivity index (χ0) is 17.5. The summed E-state index contributed by atoms with van der Waals surface area (Å²) in [6.45, 7) is 4.29. The van der Waals surface area contributed by atoms with Crippen LogP contribution < -0.4 is 15.4 Å². The molecule has 2 aromatic carbocycles. The maximum Gasteiger partial charge on any atom is 0.263 e. The monoisotopic (exact) mass is 332 g/mol. The van der Waals surface area contributed by atoms with Crippen LogP contribution in [0.15, 0.2) is 73.3 Å². The molecule has 0 aromatic heterocycles. The quantitative estimate of drug-likeness (QED) is 0.651. The lowest BCUT2D eigenvalue weighted by Crippen LogP contribution is -2.47. The van der Waals surface area contributed by atoms with Gasteiger partial charge in [-0.2, -0.15) is 0 Å². The predicted molar refractivity (Wildman–Crippen MR) is 98.1 cm³/mol. The van der Waals surface area contributed by atoms with Crippen LogP contribution in [0, 0.1) is 11.8 Å². The first-order valence-electron chi connectivity index (χ1n) is 8.21. The maximum absolute atomic E-state index is 12.4. The highest BCUT2D eigenvalue weighted by atomic mass is 16.5. The number of nitrogens with one attached hydrogen (secondary N) is 2. The molecule has 0 saturated carbocycles. The molecule has 1 heterocycles. The Kier molecular flexibility index (Phi) is 5.50. The van der Waals surface area contributed by atoms with Gasteiger partial charge in [-0.1, -0.05) is 54.3 Å². The highest BCUT2D eigenvalue weighted by Crippen LogP contribution is 2.18. The second kappa shape index (κ2) is 8.18. The third-order valence-corrected chi connectivity index (χ3v) is 3.89. The van der Waals surface area contributed by atoms with E-state index in [1.54, 1.807) is 6.08 Å². The third-order valence-electron chi connectivity index (χ3n) is 3.89. The highest BCUT2D eigenvalue weighted by Gasteiger charge is 2.43. The number of hydrogen-bond acceptors (Lipinski definition) is 3. The summed E-state index contributed by atoms with van der Waals surface area (Å²) in [4.78, 5) is 12.4. The molecule has 4 nitrogen and oxygen atoms in total. The number of ether oxygens (including phenoxy) is 1. The zero-order valence-corrected chi connectivity index (χ0v) is 13.8. The van der Waals surface area contributed by atoms with Crippen LogP contribution in [0.5, 0.6) is 5.75 Å². The van der Waals surface area contributed by atoms with E-state index in [0.29, 0.717) is 12.3 Å². The van der Waals surface area contributed by atoms with Crippen molar-refractivity contribution >= 4 is 5.91 Å². The van der Waals surface area contributed by atoms with E-state index in [1.807, 2.05) is 60.7 Å². The fourth-order valence-corrected chi connectivity index (χ4v) is 2.69. The first-order chi connectivity index (χ1) is 12.3. The van der Waals surface area contributed by atoms with Crippen LogP contribution in [0.1, 0.15) is 5.56 Å². The van der Waals surface area contributed by atoms with Gasteiger partial charge >= 0.3 is 0 Å². The lowest BCUT2D eigenvalue weighted by Gasteiger charge is -2.21. The summed E-state index contributed by atoms with van der Waals surface area (Å²) in [5, 5.41) is 6.21. The lowest BCUT2D eigenvalue weighted by molar-refractivity contribution is -0.125. The fourth-order valence-electron chi connectivity index (χ4n) is 2.69. The van der Waals surface area contributed by atoms with Gasteiger partial charge < -0.3 is 15.4 Å². The molecule has 0 radical (unpaired) electrons. The van der Waals surface area contributed by atoms with Crippen molar-refractivity contribution in [2.75, 3.05) is 6.54 Å². The second-order valence-electron chi connectivity index (χ2n) is 5.70. The van der Waals surface area contributed by atoms with Gasteiger partial charge in [0, 0.05) is 12.1 Å². The fraction of sp³-hybridized carbons (Fsp3) is 0.190. The van der Waals surface area contributed by atoms with Gasteiger partial charge in [0.05, 0.1) is 6.04 Å². The van der Waals surface area contributed by atoms with Crippen molar-refractivity contribution in [2.45, 2.75) is 18.2 Å². The standard InChI is InChI=1S/C21H20N2O2/c1-2-15-22-19-18(14-13-16-9-5-3-6-10-16)23-21(24)20(19)25-17-11-7-4-8-12-17/h2-12,18-20,22H,1,15H2,(H,23,24)/t18-,19-,20+/m0/s1. The Morgan fingerprint density at radius 2 is 1.80 bits per heavy atom. The Morgan fingerprint density at radius 1 is 1.12 bits per heavy atom. The summed E-state index contributed by atoms with van der Waals surface area (Å²) in [5.41, 5.74) is 0.909. The van der Waals surface area contributed by atoms with Gasteiger partial charge in [0.1, 0.15) is 11.8 Å². The molecule has 4 heteroatoms. The molecule has 2 N–H and O–H groups in total. The minimum atomic E-state index is -0.641. The predicted octanol–water partition coefficient (Wildman–Crippen LogP) is 2.13. The Labute approximate surface area is 147 Å². The average molecular weight is 332 g/mol. The maximum atomic E-state index is 12.4. The summed E-state index contributed by atoms with van der Waals surface area (Å²) in [7, 11) is 0. The molecule has 0 aliphatic carbocycles. The van der Waals surface area contributed by atoms with Gasteiger partial charge in [0.25, 0.3) is 5.91 Å². The molecule has 0 unspecified atom stereocenters. The van der Waals surface area contributed by atoms with E-state index in [1.165, 1.54) is 0 Å². The van der Waals surface area contributed by atoms with Crippen molar-refractivity contribution in [1.29, 1.82) is 0 Å². The van der Waals surface area contributed by atoms with Crippen molar-refractivity contribution in [3.63, 3.8) is 0 Å². The van der Waals surface area contributed by atoms with Crippen LogP contribution in [0.2, 0.25) is 0 Å². The molecule has 3 atom stereocenters. The van der Waals surface area contributed by atoms with Crippen LogP contribution in [0.4, 0.5) is 0 Å². The molecule has 1 amide bonds. The number of hydrogen-bond donors (Lipinski definition) is 2. The van der Waals surface area contributed by atoms with E-state index in [4.69, 9.17) is 4.74 Å². The summed E-state index contributed by atoms with van der Waals surface area (Å²) in [6.07, 6.45) is 1.11. The molecule has 1 fully saturated rings. The number of benzene rings is 2. The molecule has 0 spiro atoms. The zero-order valence-electron chi connectivity index (χ0n) is 13.8. The number of rotatable bonds is 5. The molecule has 126 valence electrons. The van der Waals surface area contributed by atoms with E-state index in [9.17, 15) is 4.79 Å². The largest absolute Gasteiger partial charge is 0.479 e. The first-order valence-corrected chi connectivity index (χ1v) is 8.21. The van der Waals surface area contributed by atoms with Crippen molar-refractivity contribution < 1.29 is 9.53 Å². The van der Waals surface area contributed by atoms with Crippen LogP contribution >= 0.6 is 0 Å². The summed E-state index contributed by atoms with van der Waals surface area (Å²) >= 11 is 0.